The first-order valence-corrected chi connectivity index (χ1v) is 3.84. The zero-order valence-electron chi connectivity index (χ0n) is 6.17. The van der Waals surface area contributed by atoms with Crippen molar-refractivity contribution >= 4 is 0 Å². The highest BCUT2D eigenvalue weighted by Crippen LogP contribution is 2.26. The standard InChI is InChI=1S/C7H13NO2/c1-8-6-3-2-5-4-9-7(6)10-5/h5-8H,2-4H2,1H3/t5-,6+,7+/m0/s1. The van der Waals surface area contributed by atoms with E-state index in [1.165, 1.54) is 6.42 Å². The van der Waals surface area contributed by atoms with Gasteiger partial charge in [-0.25, -0.2) is 0 Å². The van der Waals surface area contributed by atoms with Gasteiger partial charge in [-0.1, -0.05) is 0 Å². The second-order valence-corrected chi connectivity index (χ2v) is 2.93. The third-order valence-corrected chi connectivity index (χ3v) is 2.27. The van der Waals surface area contributed by atoms with Gasteiger partial charge in [0.25, 0.3) is 0 Å². The maximum atomic E-state index is 5.52. The average Bonchev–Trinajstić information content (AvgIpc) is 2.34. The minimum Gasteiger partial charge on any atom is -0.348 e. The zero-order chi connectivity index (χ0) is 6.97. The second kappa shape index (κ2) is 2.49. The van der Waals surface area contributed by atoms with Crippen LogP contribution in [0.2, 0.25) is 0 Å². The normalized spacial score (nSPS) is 45.9. The van der Waals surface area contributed by atoms with E-state index in [9.17, 15) is 0 Å². The number of ether oxygens (including phenoxy) is 2. The Hall–Kier alpha value is -0.120. The van der Waals surface area contributed by atoms with E-state index >= 15 is 0 Å². The molecule has 2 saturated heterocycles. The Morgan fingerprint density at radius 2 is 2.30 bits per heavy atom. The van der Waals surface area contributed by atoms with E-state index in [0.29, 0.717) is 12.1 Å². The van der Waals surface area contributed by atoms with E-state index in [0.717, 1.165) is 13.0 Å². The molecular weight excluding hydrogens is 130 g/mol. The van der Waals surface area contributed by atoms with Crippen molar-refractivity contribution in [3.63, 3.8) is 0 Å². The van der Waals surface area contributed by atoms with E-state index in [1.54, 1.807) is 0 Å². The number of hydrogen-bond donors (Lipinski definition) is 1. The predicted molar refractivity (Wildman–Crippen MR) is 36.7 cm³/mol. The Labute approximate surface area is 60.7 Å². The lowest BCUT2D eigenvalue weighted by atomic mass is 10.1. The molecule has 0 unspecified atom stereocenters. The molecule has 0 radical (unpaired) electrons. The molecule has 10 heavy (non-hydrogen) atoms. The minimum absolute atomic E-state index is 0.0312. The number of rotatable bonds is 1. The van der Waals surface area contributed by atoms with Gasteiger partial charge in [0, 0.05) is 0 Å². The summed E-state index contributed by atoms with van der Waals surface area (Å²) in [6.45, 7) is 0.794. The van der Waals surface area contributed by atoms with E-state index < -0.39 is 0 Å². The van der Waals surface area contributed by atoms with Crippen molar-refractivity contribution in [2.24, 2.45) is 0 Å². The molecule has 0 aromatic rings. The van der Waals surface area contributed by atoms with E-state index in [-0.39, 0.29) is 6.29 Å². The number of fused-ring (bicyclic) bond motifs is 2. The van der Waals surface area contributed by atoms with Gasteiger partial charge in [0.15, 0.2) is 6.29 Å². The summed E-state index contributed by atoms with van der Waals surface area (Å²) in [5.41, 5.74) is 0. The molecule has 3 heteroatoms. The number of hydrogen-bond acceptors (Lipinski definition) is 3. The van der Waals surface area contributed by atoms with Gasteiger partial charge in [-0.2, -0.15) is 0 Å². The summed E-state index contributed by atoms with van der Waals surface area (Å²) < 4.78 is 10.9. The van der Waals surface area contributed by atoms with Gasteiger partial charge in [0.05, 0.1) is 18.8 Å². The largest absolute Gasteiger partial charge is 0.348 e. The van der Waals surface area contributed by atoms with Crippen LogP contribution in [0.25, 0.3) is 0 Å². The van der Waals surface area contributed by atoms with Crippen molar-refractivity contribution in [1.82, 2.24) is 5.32 Å². The van der Waals surface area contributed by atoms with Crippen LogP contribution in [0, 0.1) is 0 Å². The Morgan fingerprint density at radius 1 is 1.40 bits per heavy atom. The van der Waals surface area contributed by atoms with Crippen molar-refractivity contribution in [3.8, 4) is 0 Å². The van der Waals surface area contributed by atoms with Gasteiger partial charge in [0.2, 0.25) is 0 Å². The molecule has 0 saturated carbocycles. The molecule has 2 rings (SSSR count). The lowest BCUT2D eigenvalue weighted by Gasteiger charge is -2.26. The van der Waals surface area contributed by atoms with Crippen LogP contribution in [0.3, 0.4) is 0 Å². The fourth-order valence-corrected chi connectivity index (χ4v) is 1.61. The molecule has 2 aliphatic rings. The topological polar surface area (TPSA) is 30.5 Å². The highest BCUT2D eigenvalue weighted by atomic mass is 16.7. The van der Waals surface area contributed by atoms with E-state index in [4.69, 9.17) is 9.47 Å². The quantitative estimate of drug-likeness (QED) is 0.565. The van der Waals surface area contributed by atoms with E-state index in [1.807, 2.05) is 7.05 Å². The van der Waals surface area contributed by atoms with Crippen LogP contribution < -0.4 is 5.32 Å². The highest BCUT2D eigenvalue weighted by Gasteiger charge is 2.36. The molecular formula is C7H13NO2. The first-order valence-electron chi connectivity index (χ1n) is 3.84. The summed E-state index contributed by atoms with van der Waals surface area (Å²) in [5, 5.41) is 3.18. The lowest BCUT2D eigenvalue weighted by Crippen LogP contribution is -2.41. The van der Waals surface area contributed by atoms with Crippen molar-refractivity contribution in [3.05, 3.63) is 0 Å². The molecule has 0 amide bonds. The Balaban J connectivity index is 2.00. The van der Waals surface area contributed by atoms with Crippen LogP contribution in [-0.2, 0) is 9.47 Å². The van der Waals surface area contributed by atoms with Crippen molar-refractivity contribution < 1.29 is 9.47 Å². The summed E-state index contributed by atoms with van der Waals surface area (Å²) >= 11 is 0. The molecule has 1 N–H and O–H groups in total. The Bertz CT molecular complexity index is 129. The fourth-order valence-electron chi connectivity index (χ4n) is 1.61. The molecule has 2 fully saturated rings. The van der Waals surface area contributed by atoms with Gasteiger partial charge < -0.3 is 14.8 Å². The SMILES string of the molecule is CN[C@@H]1CC[C@H]2CO[C@@H]1O2. The van der Waals surface area contributed by atoms with Crippen LogP contribution in [-0.4, -0.2) is 32.1 Å². The van der Waals surface area contributed by atoms with Crippen LogP contribution in [0.1, 0.15) is 12.8 Å². The Morgan fingerprint density at radius 3 is 3.10 bits per heavy atom. The fraction of sp³-hybridized carbons (Fsp3) is 1.00. The average molecular weight is 143 g/mol. The monoisotopic (exact) mass is 143 g/mol. The molecule has 2 bridgehead atoms. The van der Waals surface area contributed by atoms with Gasteiger partial charge in [-0.05, 0) is 19.9 Å². The predicted octanol–water partition coefficient (Wildman–Crippen LogP) is 0.110. The minimum atomic E-state index is 0.0312. The van der Waals surface area contributed by atoms with Crippen LogP contribution in [0.15, 0.2) is 0 Å². The molecule has 3 nitrogen and oxygen atoms in total. The Kier molecular flexibility index (Phi) is 1.64. The third kappa shape index (κ3) is 0.944. The van der Waals surface area contributed by atoms with Gasteiger partial charge in [-0.3, -0.25) is 0 Å². The van der Waals surface area contributed by atoms with Gasteiger partial charge in [-0.15, -0.1) is 0 Å². The first kappa shape index (κ1) is 6.58. The summed E-state index contributed by atoms with van der Waals surface area (Å²) in [6.07, 6.45) is 2.74. The summed E-state index contributed by atoms with van der Waals surface area (Å²) in [4.78, 5) is 0. The molecule has 2 aliphatic heterocycles. The molecule has 0 aromatic carbocycles. The highest BCUT2D eigenvalue weighted by molar-refractivity contribution is 4.82. The van der Waals surface area contributed by atoms with Gasteiger partial charge in [0.1, 0.15) is 0 Å². The van der Waals surface area contributed by atoms with Crippen molar-refractivity contribution in [2.75, 3.05) is 13.7 Å². The molecule has 2 heterocycles. The maximum absolute atomic E-state index is 5.52. The van der Waals surface area contributed by atoms with Crippen LogP contribution in [0.5, 0.6) is 0 Å². The first-order chi connectivity index (χ1) is 4.90. The van der Waals surface area contributed by atoms with E-state index in [2.05, 4.69) is 5.32 Å². The smallest absolute Gasteiger partial charge is 0.173 e. The summed E-state index contributed by atoms with van der Waals surface area (Å²) in [7, 11) is 1.95. The lowest BCUT2D eigenvalue weighted by molar-refractivity contribution is -0.101. The zero-order valence-corrected chi connectivity index (χ0v) is 6.17. The van der Waals surface area contributed by atoms with Gasteiger partial charge >= 0.3 is 0 Å². The molecule has 0 aromatic heterocycles. The summed E-state index contributed by atoms with van der Waals surface area (Å²) in [5.74, 6) is 0. The van der Waals surface area contributed by atoms with Crippen LogP contribution in [0.4, 0.5) is 0 Å². The third-order valence-electron chi connectivity index (χ3n) is 2.27. The summed E-state index contributed by atoms with van der Waals surface area (Å²) in [6, 6.07) is 0.416. The number of likely N-dealkylation sites (N-methyl/N-ethyl adjacent to an activating group) is 1. The number of nitrogens with one attached hydrogen (secondary N) is 1. The van der Waals surface area contributed by atoms with Crippen LogP contribution >= 0.6 is 0 Å². The second-order valence-electron chi connectivity index (χ2n) is 2.93. The maximum Gasteiger partial charge on any atom is 0.173 e. The molecule has 3 atom stereocenters. The van der Waals surface area contributed by atoms with Crippen molar-refractivity contribution in [1.29, 1.82) is 0 Å². The van der Waals surface area contributed by atoms with Crippen molar-refractivity contribution in [2.45, 2.75) is 31.3 Å². The molecule has 58 valence electrons. The molecule has 0 aliphatic carbocycles. The molecule has 0 spiro atoms.